The smallest absolute Gasteiger partial charge is 0.160 e. The van der Waals surface area contributed by atoms with Gasteiger partial charge in [-0.2, -0.15) is 11.8 Å². The van der Waals surface area contributed by atoms with E-state index in [-0.39, 0.29) is 0 Å². The molecule has 1 heterocycles. The molecular formula is C11H22O4S. The molecule has 5 heteroatoms. The maximum atomic E-state index is 9.66. The fourth-order valence-corrected chi connectivity index (χ4v) is 2.42. The highest BCUT2D eigenvalue weighted by molar-refractivity contribution is 7.99. The summed E-state index contributed by atoms with van der Waals surface area (Å²) in [6, 6.07) is 0. The summed E-state index contributed by atoms with van der Waals surface area (Å²) in [6.07, 6.45) is -1.20. The van der Waals surface area contributed by atoms with E-state index in [0.717, 1.165) is 0 Å². The van der Waals surface area contributed by atoms with Gasteiger partial charge in [0.2, 0.25) is 0 Å². The number of aliphatic hydroxyl groups excluding tert-OH is 2. The number of rotatable bonds is 2. The third-order valence-corrected chi connectivity index (χ3v) is 3.17. The fourth-order valence-electron chi connectivity index (χ4n) is 1.42. The van der Waals surface area contributed by atoms with Crippen LogP contribution in [-0.2, 0) is 4.74 Å². The van der Waals surface area contributed by atoms with Crippen molar-refractivity contribution in [2.75, 3.05) is 11.5 Å². The molecule has 0 spiro atoms. The highest BCUT2D eigenvalue weighted by Crippen LogP contribution is 2.23. The summed E-state index contributed by atoms with van der Waals surface area (Å²) in [5.74, 6) is -0.110. The van der Waals surface area contributed by atoms with Crippen molar-refractivity contribution in [3.8, 4) is 0 Å². The minimum atomic E-state index is -1.26. The first kappa shape index (κ1) is 15.9. The maximum Gasteiger partial charge on any atom is 0.160 e. The van der Waals surface area contributed by atoms with Gasteiger partial charge in [-0.15, -0.1) is 13.2 Å². The van der Waals surface area contributed by atoms with Crippen LogP contribution < -0.4 is 0 Å². The molecule has 0 aromatic heterocycles. The van der Waals surface area contributed by atoms with Crippen molar-refractivity contribution < 1.29 is 20.1 Å². The van der Waals surface area contributed by atoms with E-state index in [9.17, 15) is 15.3 Å². The van der Waals surface area contributed by atoms with Crippen molar-refractivity contribution in [1.82, 2.24) is 0 Å². The number of hydrogen-bond donors (Lipinski definition) is 3. The third kappa shape index (κ3) is 6.50. The van der Waals surface area contributed by atoms with E-state index in [2.05, 4.69) is 13.2 Å². The Hall–Kier alpha value is -0.0700. The molecular weight excluding hydrogens is 228 g/mol. The van der Waals surface area contributed by atoms with E-state index in [0.29, 0.717) is 17.9 Å². The van der Waals surface area contributed by atoms with Gasteiger partial charge in [-0.25, -0.2) is 0 Å². The van der Waals surface area contributed by atoms with Crippen LogP contribution in [0.2, 0.25) is 0 Å². The third-order valence-electron chi connectivity index (χ3n) is 1.97. The van der Waals surface area contributed by atoms with Gasteiger partial charge in [-0.1, -0.05) is 0 Å². The zero-order chi connectivity index (χ0) is 12.8. The van der Waals surface area contributed by atoms with Gasteiger partial charge in [0.1, 0.15) is 0 Å². The van der Waals surface area contributed by atoms with Crippen molar-refractivity contribution in [3.05, 3.63) is 13.2 Å². The standard InChI is InChI=1S/C9H18O4S.C2H4/c1-9(2,12)13-8-3-6(10)4-14-5-7(8)11;1-2/h6-8,10-12H,3-5H2,1-2H3;1-2H2. The first-order valence-electron chi connectivity index (χ1n) is 5.22. The second-order valence-corrected chi connectivity index (χ2v) is 5.17. The Morgan fingerprint density at radius 3 is 2.31 bits per heavy atom. The number of hydrogen-bond acceptors (Lipinski definition) is 5. The lowest BCUT2D eigenvalue weighted by atomic mass is 10.1. The summed E-state index contributed by atoms with van der Waals surface area (Å²) in [4.78, 5) is 0. The second kappa shape index (κ2) is 7.29. The van der Waals surface area contributed by atoms with Crippen molar-refractivity contribution >= 4 is 11.8 Å². The monoisotopic (exact) mass is 250 g/mol. The molecule has 1 fully saturated rings. The summed E-state index contributed by atoms with van der Waals surface area (Å²) in [6.45, 7) is 9.04. The Balaban J connectivity index is 0.00000106. The molecule has 0 amide bonds. The minimum Gasteiger partial charge on any atom is -0.392 e. The quantitative estimate of drug-likeness (QED) is 0.498. The van der Waals surface area contributed by atoms with Gasteiger partial charge in [0.25, 0.3) is 0 Å². The molecule has 1 aliphatic rings. The van der Waals surface area contributed by atoms with Crippen molar-refractivity contribution in [2.24, 2.45) is 0 Å². The van der Waals surface area contributed by atoms with Crippen LogP contribution in [0, 0.1) is 0 Å². The van der Waals surface area contributed by atoms with E-state index in [1.165, 1.54) is 25.6 Å². The lowest BCUT2D eigenvalue weighted by Gasteiger charge is -2.28. The van der Waals surface area contributed by atoms with Gasteiger partial charge in [0.15, 0.2) is 5.79 Å². The van der Waals surface area contributed by atoms with Crippen LogP contribution in [0.5, 0.6) is 0 Å². The molecule has 4 nitrogen and oxygen atoms in total. The average Bonchev–Trinajstić information content (AvgIpc) is 2.30. The summed E-state index contributed by atoms with van der Waals surface area (Å²) < 4.78 is 5.27. The summed E-state index contributed by atoms with van der Waals surface area (Å²) in [5, 5.41) is 28.6. The summed E-state index contributed by atoms with van der Waals surface area (Å²) in [7, 11) is 0. The number of thioether (sulfide) groups is 1. The molecule has 3 N–H and O–H groups in total. The zero-order valence-electron chi connectivity index (χ0n) is 9.93. The first-order chi connectivity index (χ1) is 7.38. The Kier molecular flexibility index (Phi) is 7.26. The number of ether oxygens (including phenoxy) is 1. The molecule has 1 rings (SSSR count). The topological polar surface area (TPSA) is 69.9 Å². The van der Waals surface area contributed by atoms with Gasteiger partial charge in [0.05, 0.1) is 18.3 Å². The first-order valence-corrected chi connectivity index (χ1v) is 6.38. The molecule has 3 atom stereocenters. The lowest BCUT2D eigenvalue weighted by Crippen LogP contribution is -2.39. The Labute approximate surface area is 101 Å². The van der Waals surface area contributed by atoms with E-state index in [1.807, 2.05) is 0 Å². The number of aliphatic hydroxyl groups is 3. The van der Waals surface area contributed by atoms with E-state index >= 15 is 0 Å². The zero-order valence-corrected chi connectivity index (χ0v) is 10.7. The van der Waals surface area contributed by atoms with Gasteiger partial charge in [0, 0.05) is 17.9 Å². The summed E-state index contributed by atoms with van der Waals surface area (Å²) in [5.41, 5.74) is 0. The predicted molar refractivity (Wildman–Crippen MR) is 66.4 cm³/mol. The largest absolute Gasteiger partial charge is 0.392 e. The van der Waals surface area contributed by atoms with Crippen LogP contribution in [0.15, 0.2) is 13.2 Å². The van der Waals surface area contributed by atoms with Crippen LogP contribution in [-0.4, -0.2) is 50.9 Å². The average molecular weight is 250 g/mol. The normalized spacial score (nSPS) is 31.2. The Morgan fingerprint density at radius 2 is 1.81 bits per heavy atom. The van der Waals surface area contributed by atoms with Crippen molar-refractivity contribution in [2.45, 2.75) is 44.4 Å². The molecule has 0 aromatic rings. The molecule has 0 aromatic carbocycles. The molecule has 0 radical (unpaired) electrons. The van der Waals surface area contributed by atoms with Gasteiger partial charge >= 0.3 is 0 Å². The molecule has 0 saturated carbocycles. The van der Waals surface area contributed by atoms with Gasteiger partial charge in [-0.05, 0) is 13.8 Å². The highest BCUT2D eigenvalue weighted by Gasteiger charge is 2.31. The van der Waals surface area contributed by atoms with Crippen molar-refractivity contribution in [1.29, 1.82) is 0 Å². The maximum absolute atomic E-state index is 9.66. The van der Waals surface area contributed by atoms with Crippen molar-refractivity contribution in [3.63, 3.8) is 0 Å². The molecule has 3 unspecified atom stereocenters. The molecule has 0 aliphatic carbocycles. The van der Waals surface area contributed by atoms with E-state index < -0.39 is 24.1 Å². The van der Waals surface area contributed by atoms with E-state index in [1.54, 1.807) is 0 Å². The van der Waals surface area contributed by atoms with Gasteiger partial charge < -0.3 is 20.1 Å². The molecule has 1 aliphatic heterocycles. The molecule has 96 valence electrons. The molecule has 0 bridgehead atoms. The Bertz CT molecular complexity index is 193. The predicted octanol–water partition coefficient (Wildman–Crippen LogP) is 0.761. The van der Waals surface area contributed by atoms with Gasteiger partial charge in [-0.3, -0.25) is 0 Å². The Morgan fingerprint density at radius 1 is 1.25 bits per heavy atom. The minimum absolute atomic E-state index is 0.373. The molecule has 16 heavy (non-hydrogen) atoms. The van der Waals surface area contributed by atoms with Crippen LogP contribution in [0.3, 0.4) is 0 Å². The van der Waals surface area contributed by atoms with Crippen LogP contribution in [0.25, 0.3) is 0 Å². The SMILES string of the molecule is C=C.CC(C)(O)OC1CC(O)CSCC1O. The lowest BCUT2D eigenvalue weighted by molar-refractivity contribution is -0.226. The second-order valence-electron chi connectivity index (χ2n) is 4.10. The van der Waals surface area contributed by atoms with Crippen LogP contribution in [0.4, 0.5) is 0 Å². The van der Waals surface area contributed by atoms with Crippen LogP contribution in [0.1, 0.15) is 20.3 Å². The molecule has 1 saturated heterocycles. The fraction of sp³-hybridized carbons (Fsp3) is 0.818. The highest BCUT2D eigenvalue weighted by atomic mass is 32.2. The summed E-state index contributed by atoms with van der Waals surface area (Å²) >= 11 is 1.50. The van der Waals surface area contributed by atoms with Crippen LogP contribution >= 0.6 is 11.8 Å². The van der Waals surface area contributed by atoms with E-state index in [4.69, 9.17) is 4.74 Å².